The molecule has 0 aliphatic rings. The molecule has 2 aromatic rings. The first-order valence-corrected chi connectivity index (χ1v) is 8.69. The summed E-state index contributed by atoms with van der Waals surface area (Å²) in [7, 11) is -3.62. The maximum atomic E-state index is 12.4. The monoisotopic (exact) mass is 311 g/mol. The lowest BCUT2D eigenvalue weighted by atomic mass is 10.1. The lowest BCUT2D eigenvalue weighted by Gasteiger charge is -2.17. The second-order valence-corrected chi connectivity index (χ2v) is 7.04. The molecule has 0 aliphatic carbocycles. The standard InChI is InChI=1S/C14H17NO3S2/c1-2-12(11-6-4-3-5-7-11)15-20(17,18)14-8-9-19-13(14)10-16/h3-9,12,15-16H,2,10H2,1H3. The van der Waals surface area contributed by atoms with Crippen LogP contribution in [0.25, 0.3) is 0 Å². The number of nitrogens with one attached hydrogen (secondary N) is 1. The number of hydrogen-bond donors (Lipinski definition) is 2. The van der Waals surface area contributed by atoms with Crippen molar-refractivity contribution in [1.29, 1.82) is 0 Å². The van der Waals surface area contributed by atoms with Crippen molar-refractivity contribution in [2.75, 3.05) is 0 Å². The van der Waals surface area contributed by atoms with Gasteiger partial charge in [-0.3, -0.25) is 0 Å². The minimum absolute atomic E-state index is 0.166. The van der Waals surface area contributed by atoms with Crippen LogP contribution in [-0.2, 0) is 16.6 Å². The number of benzene rings is 1. The predicted molar refractivity (Wildman–Crippen MR) is 80.0 cm³/mol. The van der Waals surface area contributed by atoms with E-state index < -0.39 is 10.0 Å². The molecule has 0 radical (unpaired) electrons. The number of thiophene rings is 1. The number of rotatable bonds is 6. The van der Waals surface area contributed by atoms with Crippen LogP contribution in [0.3, 0.4) is 0 Å². The van der Waals surface area contributed by atoms with Gasteiger partial charge in [-0.1, -0.05) is 37.3 Å². The Morgan fingerprint density at radius 2 is 1.95 bits per heavy atom. The maximum absolute atomic E-state index is 12.4. The Morgan fingerprint density at radius 3 is 2.55 bits per heavy atom. The molecule has 0 amide bonds. The molecule has 2 N–H and O–H groups in total. The highest BCUT2D eigenvalue weighted by Gasteiger charge is 2.23. The smallest absolute Gasteiger partial charge is 0.242 e. The summed E-state index contributed by atoms with van der Waals surface area (Å²) in [4.78, 5) is 0.625. The lowest BCUT2D eigenvalue weighted by molar-refractivity contribution is 0.282. The molecular weight excluding hydrogens is 294 g/mol. The van der Waals surface area contributed by atoms with Crippen LogP contribution in [0, 0.1) is 0 Å². The zero-order valence-electron chi connectivity index (χ0n) is 11.1. The number of sulfonamides is 1. The number of aliphatic hydroxyl groups is 1. The molecule has 1 aromatic carbocycles. The maximum Gasteiger partial charge on any atom is 0.242 e. The van der Waals surface area contributed by atoms with Gasteiger partial charge in [-0.05, 0) is 23.4 Å². The third-order valence-corrected chi connectivity index (χ3v) is 5.64. The molecule has 0 bridgehead atoms. The Kier molecular flexibility index (Phi) is 4.93. The Labute approximate surface area is 123 Å². The van der Waals surface area contributed by atoms with E-state index in [9.17, 15) is 13.5 Å². The van der Waals surface area contributed by atoms with Crippen LogP contribution in [0.1, 0.15) is 29.8 Å². The van der Waals surface area contributed by atoms with Gasteiger partial charge in [0.05, 0.1) is 11.5 Å². The third kappa shape index (κ3) is 3.27. The van der Waals surface area contributed by atoms with Crippen molar-refractivity contribution in [3.8, 4) is 0 Å². The number of aliphatic hydroxyl groups excluding tert-OH is 1. The van der Waals surface area contributed by atoms with E-state index in [1.54, 1.807) is 5.38 Å². The first-order chi connectivity index (χ1) is 9.58. The molecule has 4 nitrogen and oxygen atoms in total. The van der Waals surface area contributed by atoms with E-state index >= 15 is 0 Å². The SMILES string of the molecule is CCC(NS(=O)(=O)c1ccsc1CO)c1ccccc1. The van der Waals surface area contributed by atoms with Gasteiger partial charge in [-0.2, -0.15) is 0 Å². The van der Waals surface area contributed by atoms with E-state index in [1.165, 1.54) is 17.4 Å². The van der Waals surface area contributed by atoms with Gasteiger partial charge in [0.15, 0.2) is 0 Å². The predicted octanol–water partition coefficient (Wildman–Crippen LogP) is 2.67. The van der Waals surface area contributed by atoms with Crippen molar-refractivity contribution in [3.05, 3.63) is 52.2 Å². The summed E-state index contributed by atoms with van der Waals surface area (Å²) in [5, 5.41) is 10.9. The molecule has 20 heavy (non-hydrogen) atoms. The fraction of sp³-hybridized carbons (Fsp3) is 0.286. The number of hydrogen-bond acceptors (Lipinski definition) is 4. The Bertz CT molecular complexity index is 650. The van der Waals surface area contributed by atoms with Gasteiger partial charge in [0.1, 0.15) is 0 Å². The van der Waals surface area contributed by atoms with Crippen molar-refractivity contribution in [3.63, 3.8) is 0 Å². The summed E-state index contributed by atoms with van der Waals surface area (Å²) in [5.41, 5.74) is 0.930. The quantitative estimate of drug-likeness (QED) is 0.862. The highest BCUT2D eigenvalue weighted by atomic mass is 32.2. The summed E-state index contributed by atoms with van der Waals surface area (Å²) in [6.45, 7) is 1.66. The molecule has 6 heteroatoms. The molecule has 108 valence electrons. The third-order valence-electron chi connectivity index (χ3n) is 3.05. The topological polar surface area (TPSA) is 66.4 Å². The van der Waals surface area contributed by atoms with Crippen LogP contribution < -0.4 is 4.72 Å². The van der Waals surface area contributed by atoms with E-state index in [0.29, 0.717) is 11.3 Å². The average molecular weight is 311 g/mol. The van der Waals surface area contributed by atoms with Gasteiger partial charge in [0.25, 0.3) is 0 Å². The van der Waals surface area contributed by atoms with Crippen molar-refractivity contribution < 1.29 is 13.5 Å². The Balaban J connectivity index is 2.27. The lowest BCUT2D eigenvalue weighted by Crippen LogP contribution is -2.28. The van der Waals surface area contributed by atoms with Crippen LogP contribution in [-0.4, -0.2) is 13.5 Å². The molecule has 0 aliphatic heterocycles. The van der Waals surface area contributed by atoms with Crippen molar-refractivity contribution >= 4 is 21.4 Å². The Hall–Kier alpha value is -1.21. The zero-order chi connectivity index (χ0) is 14.6. The summed E-state index contributed by atoms with van der Waals surface area (Å²) < 4.78 is 27.5. The zero-order valence-corrected chi connectivity index (χ0v) is 12.7. The minimum Gasteiger partial charge on any atom is -0.391 e. The van der Waals surface area contributed by atoms with E-state index in [-0.39, 0.29) is 17.5 Å². The molecule has 0 spiro atoms. The van der Waals surface area contributed by atoms with Crippen molar-refractivity contribution in [2.24, 2.45) is 0 Å². The van der Waals surface area contributed by atoms with Crippen LogP contribution in [0.4, 0.5) is 0 Å². The van der Waals surface area contributed by atoms with Crippen molar-refractivity contribution in [1.82, 2.24) is 4.72 Å². The summed E-state index contributed by atoms with van der Waals surface area (Å²) in [6.07, 6.45) is 0.655. The van der Waals surface area contributed by atoms with Gasteiger partial charge in [-0.25, -0.2) is 13.1 Å². The second-order valence-electron chi connectivity index (χ2n) is 4.36. The van der Waals surface area contributed by atoms with Crippen LogP contribution in [0.15, 0.2) is 46.7 Å². The molecule has 1 atom stereocenters. The minimum atomic E-state index is -3.62. The van der Waals surface area contributed by atoms with Crippen LogP contribution >= 0.6 is 11.3 Å². The molecule has 1 unspecified atom stereocenters. The summed E-state index contributed by atoms with van der Waals surface area (Å²) in [6, 6.07) is 10.7. The van der Waals surface area contributed by atoms with E-state index in [1.807, 2.05) is 37.3 Å². The molecular formula is C14H17NO3S2. The Morgan fingerprint density at radius 1 is 1.25 bits per heavy atom. The summed E-state index contributed by atoms with van der Waals surface area (Å²) in [5.74, 6) is 0. The molecule has 0 fully saturated rings. The molecule has 0 saturated heterocycles. The highest BCUT2D eigenvalue weighted by molar-refractivity contribution is 7.89. The van der Waals surface area contributed by atoms with E-state index in [2.05, 4.69) is 4.72 Å². The fourth-order valence-corrected chi connectivity index (χ4v) is 4.61. The largest absolute Gasteiger partial charge is 0.391 e. The fourth-order valence-electron chi connectivity index (χ4n) is 2.01. The second kappa shape index (κ2) is 6.49. The van der Waals surface area contributed by atoms with Crippen LogP contribution in [0.5, 0.6) is 0 Å². The molecule has 0 saturated carbocycles. The normalized spacial score (nSPS) is 13.3. The van der Waals surface area contributed by atoms with Gasteiger partial charge in [0, 0.05) is 10.9 Å². The summed E-state index contributed by atoms with van der Waals surface area (Å²) >= 11 is 1.24. The van der Waals surface area contributed by atoms with E-state index in [4.69, 9.17) is 0 Å². The van der Waals surface area contributed by atoms with Gasteiger partial charge < -0.3 is 5.11 Å². The van der Waals surface area contributed by atoms with Gasteiger partial charge in [0.2, 0.25) is 10.0 Å². The van der Waals surface area contributed by atoms with Gasteiger partial charge >= 0.3 is 0 Å². The molecule has 2 rings (SSSR count). The highest BCUT2D eigenvalue weighted by Crippen LogP contribution is 2.25. The first-order valence-electron chi connectivity index (χ1n) is 6.33. The molecule has 1 heterocycles. The van der Waals surface area contributed by atoms with Gasteiger partial charge in [-0.15, -0.1) is 11.3 Å². The van der Waals surface area contributed by atoms with E-state index in [0.717, 1.165) is 5.56 Å². The van der Waals surface area contributed by atoms with Crippen LogP contribution in [0.2, 0.25) is 0 Å². The first kappa shape index (κ1) is 15.2. The molecule has 1 aromatic heterocycles. The average Bonchev–Trinajstić information content (AvgIpc) is 2.95. The van der Waals surface area contributed by atoms with Crippen molar-refractivity contribution in [2.45, 2.75) is 30.9 Å².